The Labute approximate surface area is 156 Å². The highest BCUT2D eigenvalue weighted by Crippen LogP contribution is 2.28. The van der Waals surface area contributed by atoms with Crippen LogP contribution >= 0.6 is 0 Å². The van der Waals surface area contributed by atoms with Crippen LogP contribution in [-0.4, -0.2) is 57.3 Å². The molecule has 0 aromatic carbocycles. The number of likely N-dealkylation sites (tertiary alicyclic amines) is 1. The molecule has 2 aromatic heterocycles. The molecule has 0 unspecified atom stereocenters. The van der Waals surface area contributed by atoms with Crippen LogP contribution in [0.3, 0.4) is 0 Å². The van der Waals surface area contributed by atoms with Crippen LogP contribution in [0.25, 0.3) is 11.4 Å². The normalized spacial score (nSPS) is 21.9. The Hall–Kier alpha value is -2.97. The quantitative estimate of drug-likeness (QED) is 0.849. The summed E-state index contributed by atoms with van der Waals surface area (Å²) in [6, 6.07) is 3.68. The van der Waals surface area contributed by atoms with E-state index in [1.54, 1.807) is 17.3 Å². The van der Waals surface area contributed by atoms with Gasteiger partial charge in [-0.15, -0.1) is 0 Å². The number of nitrogens with one attached hydrogen (secondary N) is 1. The number of carbonyl (C=O) groups is 2. The highest BCUT2D eigenvalue weighted by Gasteiger charge is 2.44. The van der Waals surface area contributed by atoms with Crippen molar-refractivity contribution in [1.29, 1.82) is 0 Å². The number of hydrogen-bond donors (Lipinski definition) is 1. The van der Waals surface area contributed by atoms with Gasteiger partial charge in [-0.2, -0.15) is 4.98 Å². The van der Waals surface area contributed by atoms with Crippen LogP contribution < -0.4 is 5.32 Å². The molecule has 2 aliphatic rings. The second kappa shape index (κ2) is 7.34. The molecule has 27 heavy (non-hydrogen) atoms. The van der Waals surface area contributed by atoms with E-state index in [0.717, 1.165) is 18.4 Å². The van der Waals surface area contributed by atoms with E-state index in [1.165, 1.54) is 0 Å². The van der Waals surface area contributed by atoms with Crippen molar-refractivity contribution in [3.8, 4) is 11.4 Å². The summed E-state index contributed by atoms with van der Waals surface area (Å²) in [6.45, 7) is 1.62. The van der Waals surface area contributed by atoms with Crippen molar-refractivity contribution in [1.82, 2.24) is 25.3 Å². The van der Waals surface area contributed by atoms with Crippen molar-refractivity contribution in [3.63, 3.8) is 0 Å². The van der Waals surface area contributed by atoms with Crippen molar-refractivity contribution in [2.45, 2.75) is 37.7 Å². The summed E-state index contributed by atoms with van der Waals surface area (Å²) < 4.78 is 10.7. The van der Waals surface area contributed by atoms with Crippen LogP contribution in [0.5, 0.6) is 0 Å². The SMILES string of the molecule is O=C1NC[C@@]2(CCCN(C(=O)CCCc3nc(-c4cccnc4)no3)C2)O1. The second-order valence-corrected chi connectivity index (χ2v) is 6.95. The molecule has 0 aliphatic carbocycles. The first-order valence-corrected chi connectivity index (χ1v) is 9.11. The monoisotopic (exact) mass is 371 g/mol. The minimum Gasteiger partial charge on any atom is -0.439 e. The molecule has 2 aliphatic heterocycles. The van der Waals surface area contributed by atoms with Gasteiger partial charge in [-0.3, -0.25) is 9.78 Å². The number of pyridine rings is 1. The molecule has 9 heteroatoms. The third kappa shape index (κ3) is 3.91. The van der Waals surface area contributed by atoms with Gasteiger partial charge in [0.2, 0.25) is 17.6 Å². The number of nitrogens with zero attached hydrogens (tertiary/aromatic N) is 4. The van der Waals surface area contributed by atoms with Gasteiger partial charge in [0.15, 0.2) is 0 Å². The molecule has 1 spiro atoms. The Morgan fingerprint density at radius 3 is 3.11 bits per heavy atom. The second-order valence-electron chi connectivity index (χ2n) is 6.95. The lowest BCUT2D eigenvalue weighted by molar-refractivity contribution is -0.136. The smallest absolute Gasteiger partial charge is 0.407 e. The predicted molar refractivity (Wildman–Crippen MR) is 93.5 cm³/mol. The van der Waals surface area contributed by atoms with Gasteiger partial charge in [0.25, 0.3) is 0 Å². The minimum absolute atomic E-state index is 0.0593. The third-order valence-electron chi connectivity index (χ3n) is 4.93. The molecule has 4 heterocycles. The number of rotatable bonds is 5. The zero-order valence-corrected chi connectivity index (χ0v) is 14.9. The molecule has 142 valence electrons. The number of aromatic nitrogens is 3. The molecule has 0 saturated carbocycles. The lowest BCUT2D eigenvalue weighted by Gasteiger charge is -2.38. The summed E-state index contributed by atoms with van der Waals surface area (Å²) >= 11 is 0. The van der Waals surface area contributed by atoms with Gasteiger partial charge in [0.1, 0.15) is 5.60 Å². The lowest BCUT2D eigenvalue weighted by atomic mass is 9.93. The molecule has 0 radical (unpaired) electrons. The molecular weight excluding hydrogens is 350 g/mol. The van der Waals surface area contributed by atoms with E-state index in [1.807, 2.05) is 12.1 Å². The van der Waals surface area contributed by atoms with Crippen molar-refractivity contribution in [2.75, 3.05) is 19.6 Å². The first kappa shape index (κ1) is 17.4. The largest absolute Gasteiger partial charge is 0.439 e. The van der Waals surface area contributed by atoms with Crippen LogP contribution in [0, 0.1) is 0 Å². The van der Waals surface area contributed by atoms with E-state index in [4.69, 9.17) is 9.26 Å². The molecule has 0 bridgehead atoms. The maximum Gasteiger partial charge on any atom is 0.407 e. The fourth-order valence-corrected chi connectivity index (χ4v) is 3.56. The zero-order valence-electron chi connectivity index (χ0n) is 14.9. The number of piperidine rings is 1. The summed E-state index contributed by atoms with van der Waals surface area (Å²) in [6.07, 6.45) is 6.13. The fourth-order valence-electron chi connectivity index (χ4n) is 3.56. The molecule has 2 saturated heterocycles. The predicted octanol–water partition coefficient (Wildman–Crippen LogP) is 1.56. The Morgan fingerprint density at radius 2 is 2.33 bits per heavy atom. The van der Waals surface area contributed by atoms with Gasteiger partial charge in [-0.1, -0.05) is 5.16 Å². The molecule has 2 amide bonds. The van der Waals surface area contributed by atoms with E-state index in [9.17, 15) is 9.59 Å². The van der Waals surface area contributed by atoms with Crippen molar-refractivity contribution in [3.05, 3.63) is 30.4 Å². The average Bonchev–Trinajstić information content (AvgIpc) is 3.29. The molecule has 4 rings (SSSR count). The van der Waals surface area contributed by atoms with E-state index in [-0.39, 0.29) is 5.91 Å². The van der Waals surface area contributed by atoms with Crippen LogP contribution in [0.4, 0.5) is 4.79 Å². The Morgan fingerprint density at radius 1 is 1.41 bits per heavy atom. The fraction of sp³-hybridized carbons (Fsp3) is 0.500. The van der Waals surface area contributed by atoms with E-state index in [2.05, 4.69) is 20.4 Å². The van der Waals surface area contributed by atoms with E-state index >= 15 is 0 Å². The molecule has 9 nitrogen and oxygen atoms in total. The van der Waals surface area contributed by atoms with Crippen LogP contribution in [0.1, 0.15) is 31.6 Å². The van der Waals surface area contributed by atoms with Gasteiger partial charge in [0.05, 0.1) is 13.1 Å². The van der Waals surface area contributed by atoms with Gasteiger partial charge < -0.3 is 19.5 Å². The van der Waals surface area contributed by atoms with E-state index in [0.29, 0.717) is 50.6 Å². The zero-order chi connectivity index (χ0) is 18.7. The molecule has 2 aromatic rings. The van der Waals surface area contributed by atoms with Gasteiger partial charge in [0, 0.05) is 37.3 Å². The van der Waals surface area contributed by atoms with E-state index < -0.39 is 11.7 Å². The summed E-state index contributed by atoms with van der Waals surface area (Å²) in [5, 5.41) is 6.64. The highest BCUT2D eigenvalue weighted by molar-refractivity contribution is 5.77. The number of amides is 2. The molecular formula is C18H21N5O4. The number of hydrogen-bond acceptors (Lipinski definition) is 7. The maximum absolute atomic E-state index is 12.5. The average molecular weight is 371 g/mol. The van der Waals surface area contributed by atoms with Crippen LogP contribution in [-0.2, 0) is 16.0 Å². The molecule has 1 N–H and O–H groups in total. The van der Waals surface area contributed by atoms with Gasteiger partial charge >= 0.3 is 6.09 Å². The first-order chi connectivity index (χ1) is 13.1. The van der Waals surface area contributed by atoms with Gasteiger partial charge in [-0.25, -0.2) is 4.79 Å². The summed E-state index contributed by atoms with van der Waals surface area (Å²) in [7, 11) is 0. The Kier molecular flexibility index (Phi) is 4.74. The number of ether oxygens (including phenoxy) is 1. The number of aryl methyl sites for hydroxylation is 1. The molecule has 2 fully saturated rings. The summed E-state index contributed by atoms with van der Waals surface area (Å²) in [4.78, 5) is 34.1. The highest BCUT2D eigenvalue weighted by atomic mass is 16.6. The number of alkyl carbamates (subject to hydrolysis) is 1. The lowest BCUT2D eigenvalue weighted by Crippen LogP contribution is -2.52. The van der Waals surface area contributed by atoms with Gasteiger partial charge in [-0.05, 0) is 31.4 Å². The standard InChI is InChI=1S/C18H21N5O4/c24-15(23-9-3-7-18(12-23)11-20-17(25)26-18)6-1-5-14-21-16(22-27-14)13-4-2-8-19-10-13/h2,4,8,10H,1,3,5-7,9,11-12H2,(H,20,25)/t18-/m1/s1. The van der Waals surface area contributed by atoms with Crippen molar-refractivity contribution < 1.29 is 18.8 Å². The summed E-state index contributed by atoms with van der Waals surface area (Å²) in [5.74, 6) is 1.06. The number of carbonyl (C=O) groups excluding carboxylic acids is 2. The Balaban J connectivity index is 1.27. The first-order valence-electron chi connectivity index (χ1n) is 9.11. The van der Waals surface area contributed by atoms with Crippen LogP contribution in [0.2, 0.25) is 0 Å². The van der Waals surface area contributed by atoms with Crippen LogP contribution in [0.15, 0.2) is 29.0 Å². The maximum atomic E-state index is 12.5. The van der Waals surface area contributed by atoms with Crippen molar-refractivity contribution >= 4 is 12.0 Å². The summed E-state index contributed by atoms with van der Waals surface area (Å²) in [5.41, 5.74) is 0.234. The molecule has 1 atom stereocenters. The topological polar surface area (TPSA) is 110 Å². The third-order valence-corrected chi connectivity index (χ3v) is 4.93. The Bertz CT molecular complexity index is 824. The minimum atomic E-state index is -0.559. The van der Waals surface area contributed by atoms with Crippen molar-refractivity contribution in [2.24, 2.45) is 0 Å².